The van der Waals surface area contributed by atoms with Crippen molar-refractivity contribution in [1.29, 1.82) is 0 Å². The van der Waals surface area contributed by atoms with Crippen molar-refractivity contribution in [3.05, 3.63) is 42.5 Å². The fourth-order valence-electron chi connectivity index (χ4n) is 3.62. The maximum atomic E-state index is 11.8. The minimum Gasteiger partial charge on any atom is -0.497 e. The molecule has 0 bridgehead atoms. The molecule has 0 unspecified atom stereocenters. The molecule has 1 saturated carbocycles. The average Bonchev–Trinajstić information content (AvgIpc) is 3.47. The second-order valence-electron chi connectivity index (χ2n) is 7.86. The van der Waals surface area contributed by atoms with Gasteiger partial charge < -0.3 is 19.8 Å². The summed E-state index contributed by atoms with van der Waals surface area (Å²) in [5, 5.41) is 3.78. The van der Waals surface area contributed by atoms with E-state index in [4.69, 9.17) is 15.2 Å². The SMILES string of the molecule is COc1ccc2c(N)c(-c3ccc(NC(=O)OC(C)C)cc3)n(CC3CC3)c2c1. The number of nitrogen functional groups attached to an aromatic ring is 1. The number of benzene rings is 2. The largest absolute Gasteiger partial charge is 0.497 e. The van der Waals surface area contributed by atoms with Crippen molar-refractivity contribution < 1.29 is 14.3 Å². The Balaban J connectivity index is 1.71. The van der Waals surface area contributed by atoms with Gasteiger partial charge in [0.2, 0.25) is 0 Å². The number of rotatable bonds is 6. The highest BCUT2D eigenvalue weighted by atomic mass is 16.6. The van der Waals surface area contributed by atoms with Crippen LogP contribution in [-0.2, 0) is 11.3 Å². The molecule has 1 fully saturated rings. The average molecular weight is 393 g/mol. The third kappa shape index (κ3) is 4.01. The van der Waals surface area contributed by atoms with Gasteiger partial charge in [0, 0.05) is 29.2 Å². The molecule has 3 aromatic rings. The van der Waals surface area contributed by atoms with E-state index >= 15 is 0 Å². The summed E-state index contributed by atoms with van der Waals surface area (Å²) in [6, 6.07) is 13.7. The first-order valence-electron chi connectivity index (χ1n) is 10.00. The van der Waals surface area contributed by atoms with Crippen molar-refractivity contribution in [3.8, 4) is 17.0 Å². The summed E-state index contributed by atoms with van der Waals surface area (Å²) in [5.41, 5.74) is 11.1. The van der Waals surface area contributed by atoms with Crippen LogP contribution in [-0.4, -0.2) is 23.9 Å². The van der Waals surface area contributed by atoms with Gasteiger partial charge in [-0.05, 0) is 56.9 Å². The van der Waals surface area contributed by atoms with Crippen LogP contribution in [0.15, 0.2) is 42.5 Å². The zero-order valence-corrected chi connectivity index (χ0v) is 17.1. The first-order valence-corrected chi connectivity index (χ1v) is 10.00. The number of ether oxygens (including phenoxy) is 2. The molecule has 4 rings (SSSR count). The van der Waals surface area contributed by atoms with Gasteiger partial charge in [0.05, 0.1) is 30.1 Å². The highest BCUT2D eigenvalue weighted by Crippen LogP contribution is 2.41. The van der Waals surface area contributed by atoms with Gasteiger partial charge >= 0.3 is 6.09 Å². The van der Waals surface area contributed by atoms with Crippen LogP contribution in [0.25, 0.3) is 22.2 Å². The van der Waals surface area contributed by atoms with Gasteiger partial charge in [-0.2, -0.15) is 0 Å². The Kier molecular flexibility index (Phi) is 5.09. The Morgan fingerprint density at radius 3 is 2.55 bits per heavy atom. The zero-order valence-electron chi connectivity index (χ0n) is 17.1. The normalized spacial score (nSPS) is 13.7. The number of aromatic nitrogens is 1. The second kappa shape index (κ2) is 7.70. The van der Waals surface area contributed by atoms with Gasteiger partial charge in [-0.1, -0.05) is 12.1 Å². The molecule has 1 amide bonds. The number of carbonyl (C=O) groups is 1. The van der Waals surface area contributed by atoms with Gasteiger partial charge in [0.15, 0.2) is 0 Å². The fraction of sp³-hybridized carbons (Fsp3) is 0.348. The molecule has 0 aliphatic heterocycles. The number of hydrogen-bond acceptors (Lipinski definition) is 4. The molecule has 3 N–H and O–H groups in total. The van der Waals surface area contributed by atoms with E-state index < -0.39 is 6.09 Å². The first kappa shape index (κ1) is 19.2. The predicted octanol–water partition coefficient (Wildman–Crippen LogP) is 5.27. The molecule has 0 radical (unpaired) electrons. The molecule has 0 atom stereocenters. The number of methoxy groups -OCH3 is 1. The molecule has 6 heteroatoms. The summed E-state index contributed by atoms with van der Waals surface area (Å²) >= 11 is 0. The van der Waals surface area contributed by atoms with Crippen molar-refractivity contribution in [3.63, 3.8) is 0 Å². The maximum absolute atomic E-state index is 11.8. The molecule has 0 saturated heterocycles. The molecule has 1 aromatic heterocycles. The highest BCUT2D eigenvalue weighted by molar-refractivity contribution is 6.01. The van der Waals surface area contributed by atoms with Gasteiger partial charge in [-0.25, -0.2) is 4.79 Å². The van der Waals surface area contributed by atoms with Crippen LogP contribution in [0.1, 0.15) is 26.7 Å². The topological polar surface area (TPSA) is 78.5 Å². The number of carbonyl (C=O) groups excluding carboxylic acids is 1. The number of anilines is 2. The fourth-order valence-corrected chi connectivity index (χ4v) is 3.62. The molecule has 1 aliphatic rings. The quantitative estimate of drug-likeness (QED) is 0.598. The van der Waals surface area contributed by atoms with Crippen molar-refractivity contribution >= 4 is 28.4 Å². The third-order valence-electron chi connectivity index (χ3n) is 5.20. The van der Waals surface area contributed by atoms with E-state index in [1.54, 1.807) is 7.11 Å². The molecular formula is C23H27N3O3. The lowest BCUT2D eigenvalue weighted by Gasteiger charge is -2.13. The summed E-state index contributed by atoms with van der Waals surface area (Å²) in [7, 11) is 1.68. The molecule has 152 valence electrons. The highest BCUT2D eigenvalue weighted by Gasteiger charge is 2.26. The molecule has 1 aliphatic carbocycles. The van der Waals surface area contributed by atoms with Crippen molar-refractivity contribution in [2.45, 2.75) is 39.3 Å². The van der Waals surface area contributed by atoms with Crippen LogP contribution >= 0.6 is 0 Å². The second-order valence-corrected chi connectivity index (χ2v) is 7.86. The Bertz CT molecular complexity index is 1030. The lowest BCUT2D eigenvalue weighted by molar-refractivity contribution is 0.130. The van der Waals surface area contributed by atoms with Crippen LogP contribution in [0.2, 0.25) is 0 Å². The summed E-state index contributed by atoms with van der Waals surface area (Å²) in [4.78, 5) is 11.8. The van der Waals surface area contributed by atoms with E-state index in [1.165, 1.54) is 12.8 Å². The van der Waals surface area contributed by atoms with E-state index in [0.717, 1.165) is 40.1 Å². The number of nitrogens with two attached hydrogens (primary N) is 1. The maximum Gasteiger partial charge on any atom is 0.411 e. The Hall–Kier alpha value is -3.15. The van der Waals surface area contributed by atoms with Gasteiger partial charge in [0.25, 0.3) is 0 Å². The number of nitrogens with one attached hydrogen (secondary N) is 1. The van der Waals surface area contributed by atoms with E-state index in [2.05, 4.69) is 16.0 Å². The van der Waals surface area contributed by atoms with E-state index in [-0.39, 0.29) is 6.10 Å². The summed E-state index contributed by atoms with van der Waals surface area (Å²) in [5.74, 6) is 1.52. The van der Waals surface area contributed by atoms with Gasteiger partial charge in [-0.3, -0.25) is 5.32 Å². The monoisotopic (exact) mass is 393 g/mol. The van der Waals surface area contributed by atoms with Gasteiger partial charge in [-0.15, -0.1) is 0 Å². The van der Waals surface area contributed by atoms with Crippen LogP contribution in [0.3, 0.4) is 0 Å². The summed E-state index contributed by atoms with van der Waals surface area (Å²) in [6.45, 7) is 4.58. The van der Waals surface area contributed by atoms with Crippen LogP contribution < -0.4 is 15.8 Å². The smallest absolute Gasteiger partial charge is 0.411 e. The van der Waals surface area contributed by atoms with E-state index in [9.17, 15) is 4.79 Å². The molecular weight excluding hydrogens is 366 g/mol. The summed E-state index contributed by atoms with van der Waals surface area (Å²) < 4.78 is 12.9. The van der Waals surface area contributed by atoms with Crippen molar-refractivity contribution in [1.82, 2.24) is 4.57 Å². The standard InChI is InChI=1S/C23H27N3O3/c1-14(2)29-23(27)25-17-8-6-16(7-9-17)22-21(24)19-11-10-18(28-3)12-20(19)26(22)13-15-4-5-15/h6-12,14-15H,4-5,13,24H2,1-3H3,(H,25,27). The first-order chi connectivity index (χ1) is 14.0. The van der Waals surface area contributed by atoms with Crippen LogP contribution in [0, 0.1) is 5.92 Å². The Labute approximate surface area is 170 Å². The van der Waals surface area contributed by atoms with Gasteiger partial charge in [0.1, 0.15) is 5.75 Å². The number of fused-ring (bicyclic) bond motifs is 1. The minimum atomic E-state index is -0.456. The summed E-state index contributed by atoms with van der Waals surface area (Å²) in [6.07, 6.45) is 1.89. The van der Waals surface area contributed by atoms with Crippen LogP contribution in [0.4, 0.5) is 16.2 Å². The molecule has 6 nitrogen and oxygen atoms in total. The van der Waals surface area contributed by atoms with E-state index in [0.29, 0.717) is 11.6 Å². The van der Waals surface area contributed by atoms with Crippen LogP contribution in [0.5, 0.6) is 5.75 Å². The lowest BCUT2D eigenvalue weighted by atomic mass is 10.1. The predicted molar refractivity (Wildman–Crippen MR) is 116 cm³/mol. The number of nitrogens with zero attached hydrogens (tertiary/aromatic N) is 1. The molecule has 0 spiro atoms. The number of hydrogen-bond donors (Lipinski definition) is 2. The number of amides is 1. The molecule has 1 heterocycles. The molecule has 2 aromatic carbocycles. The zero-order chi connectivity index (χ0) is 20.5. The third-order valence-corrected chi connectivity index (χ3v) is 5.20. The molecule has 29 heavy (non-hydrogen) atoms. The lowest BCUT2D eigenvalue weighted by Crippen LogP contribution is -2.17. The van der Waals surface area contributed by atoms with Crippen molar-refractivity contribution in [2.75, 3.05) is 18.2 Å². The minimum absolute atomic E-state index is 0.163. The Morgan fingerprint density at radius 1 is 1.21 bits per heavy atom. The van der Waals surface area contributed by atoms with Crippen molar-refractivity contribution in [2.24, 2.45) is 5.92 Å². The van der Waals surface area contributed by atoms with E-state index in [1.807, 2.05) is 50.2 Å². The Morgan fingerprint density at radius 2 is 1.93 bits per heavy atom.